The molecule has 1 rings (SSSR count). The quantitative estimate of drug-likeness (QED) is 0.371. The summed E-state index contributed by atoms with van der Waals surface area (Å²) in [6.45, 7) is 10.6. The summed E-state index contributed by atoms with van der Waals surface area (Å²) in [5.41, 5.74) is 0.663. The molecule has 17 heavy (non-hydrogen) atoms. The number of ether oxygens (including phenoxy) is 3. The van der Waals surface area contributed by atoms with Crippen LogP contribution in [-0.2, 0) is 19.0 Å². The standard InChI is InChI=1S/C13H22O4/c1-4-13(9-16-10-13)8-15-6-5-7-17-12(14)11(2)3/h2,4-10H2,1,3H3. The van der Waals surface area contributed by atoms with Crippen LogP contribution in [0.3, 0.4) is 0 Å². The number of carbonyl (C=O) groups excluding carboxylic acids is 1. The lowest BCUT2D eigenvalue weighted by molar-refractivity contribution is -0.151. The Kier molecular flexibility index (Phi) is 5.65. The molecule has 1 fully saturated rings. The van der Waals surface area contributed by atoms with Gasteiger partial charge in [-0.05, 0) is 13.3 Å². The van der Waals surface area contributed by atoms with Gasteiger partial charge in [-0.25, -0.2) is 4.79 Å². The number of hydrogen-bond donors (Lipinski definition) is 0. The predicted molar refractivity (Wildman–Crippen MR) is 64.8 cm³/mol. The molecule has 0 unspecified atom stereocenters. The SMILES string of the molecule is C=C(C)C(=O)OCCCOCC1(CC)COC1. The molecule has 0 aromatic carbocycles. The van der Waals surface area contributed by atoms with E-state index >= 15 is 0 Å². The van der Waals surface area contributed by atoms with Crippen molar-refractivity contribution in [2.75, 3.05) is 33.0 Å². The first-order valence-electron chi connectivity index (χ1n) is 6.08. The Morgan fingerprint density at radius 1 is 1.41 bits per heavy atom. The fourth-order valence-electron chi connectivity index (χ4n) is 1.52. The second kappa shape index (κ2) is 6.77. The molecule has 0 N–H and O–H groups in total. The van der Waals surface area contributed by atoms with Gasteiger partial charge in [0.25, 0.3) is 0 Å². The summed E-state index contributed by atoms with van der Waals surface area (Å²) < 4.78 is 15.7. The minimum absolute atomic E-state index is 0.231. The minimum Gasteiger partial charge on any atom is -0.462 e. The second-order valence-corrected chi connectivity index (χ2v) is 4.67. The van der Waals surface area contributed by atoms with Crippen molar-refractivity contribution in [1.29, 1.82) is 0 Å². The van der Waals surface area contributed by atoms with Crippen molar-refractivity contribution in [1.82, 2.24) is 0 Å². The van der Waals surface area contributed by atoms with Crippen LogP contribution in [-0.4, -0.2) is 39.0 Å². The van der Waals surface area contributed by atoms with Gasteiger partial charge in [0.05, 0.1) is 26.4 Å². The highest BCUT2D eigenvalue weighted by Crippen LogP contribution is 2.31. The van der Waals surface area contributed by atoms with Crippen molar-refractivity contribution in [2.45, 2.75) is 26.7 Å². The predicted octanol–water partition coefficient (Wildman–Crippen LogP) is 1.94. The summed E-state index contributed by atoms with van der Waals surface area (Å²) in [6, 6.07) is 0. The van der Waals surface area contributed by atoms with Crippen molar-refractivity contribution in [2.24, 2.45) is 5.41 Å². The Morgan fingerprint density at radius 2 is 2.12 bits per heavy atom. The van der Waals surface area contributed by atoms with Gasteiger partial charge in [-0.2, -0.15) is 0 Å². The van der Waals surface area contributed by atoms with E-state index in [0.717, 1.165) is 32.7 Å². The van der Waals surface area contributed by atoms with Gasteiger partial charge in [0.15, 0.2) is 0 Å². The van der Waals surface area contributed by atoms with Crippen LogP contribution in [0.5, 0.6) is 0 Å². The van der Waals surface area contributed by atoms with Crippen LogP contribution in [0.4, 0.5) is 0 Å². The lowest BCUT2D eigenvalue weighted by Crippen LogP contribution is -2.45. The van der Waals surface area contributed by atoms with E-state index in [1.165, 1.54) is 0 Å². The molecule has 4 heteroatoms. The van der Waals surface area contributed by atoms with E-state index in [9.17, 15) is 4.79 Å². The number of esters is 1. The molecule has 98 valence electrons. The first-order chi connectivity index (χ1) is 8.09. The molecule has 0 radical (unpaired) electrons. The summed E-state index contributed by atoms with van der Waals surface area (Å²) in [6.07, 6.45) is 1.80. The summed E-state index contributed by atoms with van der Waals surface area (Å²) in [5, 5.41) is 0. The molecule has 0 aromatic rings. The van der Waals surface area contributed by atoms with Crippen molar-refractivity contribution in [3.05, 3.63) is 12.2 Å². The lowest BCUT2D eigenvalue weighted by atomic mass is 9.84. The third-order valence-corrected chi connectivity index (χ3v) is 2.99. The van der Waals surface area contributed by atoms with Gasteiger partial charge in [0.2, 0.25) is 0 Å². The Morgan fingerprint density at radius 3 is 2.59 bits per heavy atom. The molecular weight excluding hydrogens is 220 g/mol. The van der Waals surface area contributed by atoms with Crippen LogP contribution in [0.2, 0.25) is 0 Å². The minimum atomic E-state index is -0.331. The highest BCUT2D eigenvalue weighted by atomic mass is 16.5. The summed E-state index contributed by atoms with van der Waals surface area (Å²) in [5.74, 6) is -0.331. The van der Waals surface area contributed by atoms with E-state index in [-0.39, 0.29) is 11.4 Å². The van der Waals surface area contributed by atoms with E-state index < -0.39 is 0 Å². The van der Waals surface area contributed by atoms with Gasteiger partial charge in [0, 0.05) is 24.0 Å². The first kappa shape index (κ1) is 14.2. The molecule has 1 saturated heterocycles. The summed E-state index contributed by atoms with van der Waals surface area (Å²) in [7, 11) is 0. The molecule has 0 amide bonds. The van der Waals surface area contributed by atoms with Gasteiger partial charge in [0.1, 0.15) is 0 Å². The average molecular weight is 242 g/mol. The van der Waals surface area contributed by atoms with Crippen LogP contribution < -0.4 is 0 Å². The Labute approximate surface area is 103 Å². The zero-order chi connectivity index (χ0) is 12.7. The highest BCUT2D eigenvalue weighted by Gasteiger charge is 2.36. The molecule has 0 bridgehead atoms. The third kappa shape index (κ3) is 4.48. The van der Waals surface area contributed by atoms with Crippen molar-refractivity contribution >= 4 is 5.97 Å². The van der Waals surface area contributed by atoms with Crippen LogP contribution >= 0.6 is 0 Å². The zero-order valence-corrected chi connectivity index (χ0v) is 10.8. The maximum atomic E-state index is 11.1. The van der Waals surface area contributed by atoms with Crippen molar-refractivity contribution < 1.29 is 19.0 Å². The van der Waals surface area contributed by atoms with Gasteiger partial charge in [-0.3, -0.25) is 0 Å². The highest BCUT2D eigenvalue weighted by molar-refractivity contribution is 5.86. The molecule has 1 aliphatic rings. The molecule has 0 saturated carbocycles. The van der Waals surface area contributed by atoms with Gasteiger partial charge in [-0.15, -0.1) is 0 Å². The fraction of sp³-hybridized carbons (Fsp3) is 0.769. The Hall–Kier alpha value is -0.870. The summed E-state index contributed by atoms with van der Waals surface area (Å²) >= 11 is 0. The molecule has 0 aliphatic carbocycles. The van der Waals surface area contributed by atoms with Crippen LogP contribution in [0.15, 0.2) is 12.2 Å². The smallest absolute Gasteiger partial charge is 0.333 e. The van der Waals surface area contributed by atoms with Gasteiger partial charge < -0.3 is 14.2 Å². The van der Waals surface area contributed by atoms with E-state index in [1.807, 2.05) is 0 Å². The normalized spacial score (nSPS) is 17.3. The topological polar surface area (TPSA) is 44.8 Å². The monoisotopic (exact) mass is 242 g/mol. The third-order valence-electron chi connectivity index (χ3n) is 2.99. The average Bonchev–Trinajstić information content (AvgIpc) is 2.25. The zero-order valence-electron chi connectivity index (χ0n) is 10.8. The molecule has 1 heterocycles. The van der Waals surface area contributed by atoms with Crippen LogP contribution in [0, 0.1) is 5.41 Å². The maximum absolute atomic E-state index is 11.1. The van der Waals surface area contributed by atoms with E-state index in [1.54, 1.807) is 6.92 Å². The fourth-order valence-corrected chi connectivity index (χ4v) is 1.52. The molecule has 4 nitrogen and oxygen atoms in total. The lowest BCUT2D eigenvalue weighted by Gasteiger charge is -2.40. The molecule has 1 aliphatic heterocycles. The van der Waals surface area contributed by atoms with E-state index in [4.69, 9.17) is 14.2 Å². The maximum Gasteiger partial charge on any atom is 0.333 e. The Bertz CT molecular complexity index is 263. The number of carbonyl (C=O) groups is 1. The largest absolute Gasteiger partial charge is 0.462 e. The van der Waals surface area contributed by atoms with Gasteiger partial charge >= 0.3 is 5.97 Å². The first-order valence-corrected chi connectivity index (χ1v) is 6.08. The van der Waals surface area contributed by atoms with Crippen molar-refractivity contribution in [3.63, 3.8) is 0 Å². The van der Waals surface area contributed by atoms with Crippen LogP contribution in [0.1, 0.15) is 26.7 Å². The van der Waals surface area contributed by atoms with E-state index in [2.05, 4.69) is 13.5 Å². The molecule has 0 spiro atoms. The number of hydrogen-bond acceptors (Lipinski definition) is 4. The second-order valence-electron chi connectivity index (χ2n) is 4.67. The van der Waals surface area contributed by atoms with Crippen LogP contribution in [0.25, 0.3) is 0 Å². The summed E-state index contributed by atoms with van der Waals surface area (Å²) in [4.78, 5) is 11.1. The molecule has 0 atom stereocenters. The molecular formula is C13H22O4. The number of rotatable bonds is 8. The van der Waals surface area contributed by atoms with Gasteiger partial charge in [-0.1, -0.05) is 13.5 Å². The Balaban J connectivity index is 1.98. The molecule has 0 aromatic heterocycles. The van der Waals surface area contributed by atoms with E-state index in [0.29, 0.717) is 18.8 Å². The van der Waals surface area contributed by atoms with Crippen molar-refractivity contribution in [3.8, 4) is 0 Å².